The number of aromatic amines is 1. The molecule has 0 spiro atoms. The summed E-state index contributed by atoms with van der Waals surface area (Å²) in [6, 6.07) is 0. The van der Waals surface area contributed by atoms with Crippen molar-refractivity contribution in [3.8, 4) is 0 Å². The van der Waals surface area contributed by atoms with Gasteiger partial charge in [0.05, 0.1) is 15.9 Å². The van der Waals surface area contributed by atoms with Gasteiger partial charge in [-0.25, -0.2) is 4.98 Å². The maximum Gasteiger partial charge on any atom is 0.165 e. The van der Waals surface area contributed by atoms with Crippen molar-refractivity contribution in [3.05, 3.63) is 28.3 Å². The fraction of sp³-hybridized carbons (Fsp3) is 0.333. The van der Waals surface area contributed by atoms with Gasteiger partial charge in [0.2, 0.25) is 0 Å². The molecule has 0 bridgehead atoms. The summed E-state index contributed by atoms with van der Waals surface area (Å²) in [5.74, 6) is 0.853. The Labute approximate surface area is 101 Å². The van der Waals surface area contributed by atoms with Crippen molar-refractivity contribution in [1.29, 1.82) is 0 Å². The van der Waals surface area contributed by atoms with Gasteiger partial charge in [0.25, 0.3) is 0 Å². The standard InChI is InChI=1S/C9H11BrN4S/c1-6-8(10)7(14(2)13-6)5-15-9-11-3-4-12-9/h3-4H,5H2,1-2H3,(H,11,12). The van der Waals surface area contributed by atoms with Crippen LogP contribution in [0.2, 0.25) is 0 Å². The number of aromatic nitrogens is 4. The minimum absolute atomic E-state index is 0.853. The number of thioether (sulfide) groups is 1. The van der Waals surface area contributed by atoms with Crippen molar-refractivity contribution in [1.82, 2.24) is 19.7 Å². The Morgan fingerprint density at radius 1 is 1.60 bits per heavy atom. The molecule has 0 aromatic carbocycles. The molecule has 1 N–H and O–H groups in total. The largest absolute Gasteiger partial charge is 0.340 e. The smallest absolute Gasteiger partial charge is 0.165 e. The molecular weight excluding hydrogens is 276 g/mol. The SMILES string of the molecule is Cc1nn(C)c(CSc2ncc[nH]2)c1Br. The van der Waals surface area contributed by atoms with Crippen molar-refractivity contribution in [2.45, 2.75) is 17.8 Å². The lowest BCUT2D eigenvalue weighted by Gasteiger charge is -2.00. The first-order chi connectivity index (χ1) is 7.18. The fourth-order valence-corrected chi connectivity index (χ4v) is 2.86. The number of imidazole rings is 1. The molecule has 2 heterocycles. The van der Waals surface area contributed by atoms with Crippen LogP contribution in [0.15, 0.2) is 22.0 Å². The van der Waals surface area contributed by atoms with Crippen LogP contribution in [0.3, 0.4) is 0 Å². The van der Waals surface area contributed by atoms with E-state index in [1.54, 1.807) is 18.0 Å². The summed E-state index contributed by atoms with van der Waals surface area (Å²) in [6.45, 7) is 1.99. The average molecular weight is 287 g/mol. The second-order valence-electron chi connectivity index (χ2n) is 3.15. The van der Waals surface area contributed by atoms with Gasteiger partial charge in [-0.3, -0.25) is 4.68 Å². The second kappa shape index (κ2) is 4.40. The van der Waals surface area contributed by atoms with Crippen LogP contribution >= 0.6 is 27.7 Å². The molecule has 0 saturated carbocycles. The number of nitrogens with one attached hydrogen (secondary N) is 1. The molecule has 0 amide bonds. The maximum absolute atomic E-state index is 4.34. The van der Waals surface area contributed by atoms with E-state index in [4.69, 9.17) is 0 Å². The van der Waals surface area contributed by atoms with Crippen LogP contribution in [0.4, 0.5) is 0 Å². The van der Waals surface area contributed by atoms with E-state index in [1.807, 2.05) is 24.9 Å². The Hall–Kier alpha value is -0.750. The lowest BCUT2D eigenvalue weighted by Crippen LogP contribution is -1.96. The van der Waals surface area contributed by atoms with Crippen molar-refractivity contribution in [2.75, 3.05) is 0 Å². The summed E-state index contributed by atoms with van der Waals surface area (Å²) in [4.78, 5) is 7.22. The van der Waals surface area contributed by atoms with Crippen LogP contribution in [0, 0.1) is 6.92 Å². The van der Waals surface area contributed by atoms with Crippen LogP contribution in [-0.4, -0.2) is 19.7 Å². The molecule has 0 fully saturated rings. The van der Waals surface area contributed by atoms with Crippen molar-refractivity contribution in [3.63, 3.8) is 0 Å². The number of rotatable bonds is 3. The summed E-state index contributed by atoms with van der Waals surface area (Å²) < 4.78 is 2.99. The highest BCUT2D eigenvalue weighted by Crippen LogP contribution is 2.26. The zero-order valence-corrected chi connectivity index (χ0v) is 10.9. The highest BCUT2D eigenvalue weighted by Gasteiger charge is 2.10. The summed E-state index contributed by atoms with van der Waals surface area (Å²) in [7, 11) is 1.95. The van der Waals surface area contributed by atoms with Gasteiger partial charge in [-0.1, -0.05) is 11.8 Å². The van der Waals surface area contributed by atoms with E-state index in [-0.39, 0.29) is 0 Å². The third-order valence-corrected chi connectivity index (χ3v) is 4.03. The van der Waals surface area contributed by atoms with E-state index in [1.165, 1.54) is 5.69 Å². The highest BCUT2D eigenvalue weighted by molar-refractivity contribution is 9.10. The van der Waals surface area contributed by atoms with Gasteiger partial charge in [-0.2, -0.15) is 5.10 Å². The Morgan fingerprint density at radius 3 is 2.93 bits per heavy atom. The first kappa shape index (κ1) is 10.8. The topological polar surface area (TPSA) is 46.5 Å². The van der Waals surface area contributed by atoms with E-state index < -0.39 is 0 Å². The predicted octanol–water partition coefficient (Wildman–Crippen LogP) is 2.51. The zero-order chi connectivity index (χ0) is 10.8. The molecule has 0 aliphatic heterocycles. The molecule has 0 aliphatic carbocycles. The van der Waals surface area contributed by atoms with Gasteiger partial charge in [-0.05, 0) is 22.9 Å². The average Bonchev–Trinajstić information content (AvgIpc) is 2.76. The number of hydrogen-bond donors (Lipinski definition) is 1. The summed E-state index contributed by atoms with van der Waals surface area (Å²) in [5, 5.41) is 5.27. The van der Waals surface area contributed by atoms with Crippen LogP contribution in [-0.2, 0) is 12.8 Å². The van der Waals surface area contributed by atoms with Crippen molar-refractivity contribution in [2.24, 2.45) is 7.05 Å². The monoisotopic (exact) mass is 286 g/mol. The molecule has 15 heavy (non-hydrogen) atoms. The van der Waals surface area contributed by atoms with Gasteiger partial charge in [0.1, 0.15) is 0 Å². The predicted molar refractivity (Wildman–Crippen MR) is 63.8 cm³/mol. The fourth-order valence-electron chi connectivity index (χ4n) is 1.30. The first-order valence-corrected chi connectivity index (χ1v) is 6.26. The number of nitrogens with zero attached hydrogens (tertiary/aromatic N) is 3. The maximum atomic E-state index is 4.34. The minimum Gasteiger partial charge on any atom is -0.340 e. The highest BCUT2D eigenvalue weighted by atomic mass is 79.9. The molecule has 0 saturated heterocycles. The van der Waals surface area contributed by atoms with Crippen LogP contribution in [0.25, 0.3) is 0 Å². The van der Waals surface area contributed by atoms with E-state index >= 15 is 0 Å². The van der Waals surface area contributed by atoms with Gasteiger partial charge in [0, 0.05) is 25.2 Å². The van der Waals surface area contributed by atoms with Crippen LogP contribution in [0.5, 0.6) is 0 Å². The van der Waals surface area contributed by atoms with E-state index in [2.05, 4.69) is 31.0 Å². The number of aryl methyl sites for hydroxylation is 2. The Balaban J connectivity index is 2.11. The molecule has 2 rings (SSSR count). The second-order valence-corrected chi connectivity index (χ2v) is 4.91. The summed E-state index contributed by atoms with van der Waals surface area (Å²) in [5.41, 5.74) is 2.20. The molecule has 0 radical (unpaired) electrons. The summed E-state index contributed by atoms with van der Waals surface area (Å²) in [6.07, 6.45) is 3.58. The Morgan fingerprint density at radius 2 is 2.40 bits per heavy atom. The van der Waals surface area contributed by atoms with Gasteiger partial charge >= 0.3 is 0 Å². The van der Waals surface area contributed by atoms with Gasteiger partial charge in [0.15, 0.2) is 5.16 Å². The van der Waals surface area contributed by atoms with Crippen molar-refractivity contribution < 1.29 is 0 Å². The summed E-state index contributed by atoms with van der Waals surface area (Å²) >= 11 is 5.20. The number of halogens is 1. The third-order valence-electron chi connectivity index (χ3n) is 2.08. The molecular formula is C9H11BrN4S. The van der Waals surface area contributed by atoms with Gasteiger partial charge < -0.3 is 4.98 Å². The van der Waals surface area contributed by atoms with Crippen LogP contribution < -0.4 is 0 Å². The lowest BCUT2D eigenvalue weighted by molar-refractivity contribution is 0.727. The first-order valence-electron chi connectivity index (χ1n) is 4.48. The lowest BCUT2D eigenvalue weighted by atomic mass is 10.4. The normalized spacial score (nSPS) is 10.9. The van der Waals surface area contributed by atoms with Gasteiger partial charge in [-0.15, -0.1) is 0 Å². The molecule has 6 heteroatoms. The molecule has 2 aromatic rings. The van der Waals surface area contributed by atoms with Crippen LogP contribution in [0.1, 0.15) is 11.4 Å². The number of H-pyrrole nitrogens is 1. The molecule has 0 aliphatic rings. The third kappa shape index (κ3) is 2.26. The molecule has 4 nitrogen and oxygen atoms in total. The zero-order valence-electron chi connectivity index (χ0n) is 8.49. The minimum atomic E-state index is 0.853. The van der Waals surface area contributed by atoms with E-state index in [0.29, 0.717) is 0 Å². The molecule has 2 aromatic heterocycles. The molecule has 0 atom stereocenters. The Bertz CT molecular complexity index is 449. The quantitative estimate of drug-likeness (QED) is 0.882. The molecule has 80 valence electrons. The van der Waals surface area contributed by atoms with E-state index in [9.17, 15) is 0 Å². The van der Waals surface area contributed by atoms with E-state index in [0.717, 1.165) is 21.1 Å². The number of hydrogen-bond acceptors (Lipinski definition) is 3. The Kier molecular flexibility index (Phi) is 3.16. The molecule has 0 unspecified atom stereocenters. The van der Waals surface area contributed by atoms with Crippen molar-refractivity contribution >= 4 is 27.7 Å².